The Bertz CT molecular complexity index is 389. The third-order valence-corrected chi connectivity index (χ3v) is 3.06. The van der Waals surface area contributed by atoms with Gasteiger partial charge in [0.25, 0.3) is 0 Å². The average Bonchev–Trinajstić information content (AvgIpc) is 2.57. The van der Waals surface area contributed by atoms with Gasteiger partial charge in [-0.15, -0.1) is 0 Å². The van der Waals surface area contributed by atoms with E-state index in [1.54, 1.807) is 0 Å². The Labute approximate surface area is 95.0 Å². The standard InChI is InChI=1S/C10H18N6/c1-10(2)4-3-5-16(10)8-6-7(15-12)13-9(11)14-8/h6H,3-5,12H2,1-2H3,(H3,11,13,14,15). The summed E-state index contributed by atoms with van der Waals surface area (Å²) in [4.78, 5) is 10.5. The van der Waals surface area contributed by atoms with Crippen LogP contribution in [0.4, 0.5) is 17.6 Å². The van der Waals surface area contributed by atoms with E-state index in [9.17, 15) is 0 Å². The fourth-order valence-electron chi connectivity index (χ4n) is 2.20. The van der Waals surface area contributed by atoms with Gasteiger partial charge >= 0.3 is 0 Å². The van der Waals surface area contributed by atoms with Crippen molar-refractivity contribution in [2.24, 2.45) is 5.84 Å². The molecule has 2 rings (SSSR count). The summed E-state index contributed by atoms with van der Waals surface area (Å²) in [5.74, 6) is 6.97. The van der Waals surface area contributed by atoms with Gasteiger partial charge in [-0.05, 0) is 26.7 Å². The molecule has 0 radical (unpaired) electrons. The SMILES string of the molecule is CC1(C)CCCN1c1cc(NN)nc(N)n1. The van der Waals surface area contributed by atoms with Crippen LogP contribution in [-0.2, 0) is 0 Å². The van der Waals surface area contributed by atoms with E-state index in [4.69, 9.17) is 11.6 Å². The lowest BCUT2D eigenvalue weighted by Gasteiger charge is -2.32. The molecule has 88 valence electrons. The maximum atomic E-state index is 5.65. The lowest BCUT2D eigenvalue weighted by molar-refractivity contribution is 0.514. The second-order valence-corrected chi connectivity index (χ2v) is 4.68. The predicted molar refractivity (Wildman–Crippen MR) is 64.9 cm³/mol. The minimum atomic E-state index is 0.118. The number of nitrogens with zero attached hydrogens (tertiary/aromatic N) is 3. The van der Waals surface area contributed by atoms with Crippen LogP contribution >= 0.6 is 0 Å². The van der Waals surface area contributed by atoms with Crippen molar-refractivity contribution in [1.29, 1.82) is 0 Å². The van der Waals surface area contributed by atoms with Gasteiger partial charge in [0, 0.05) is 18.2 Å². The quantitative estimate of drug-likeness (QED) is 0.504. The molecular formula is C10H18N6. The molecule has 1 fully saturated rings. The summed E-state index contributed by atoms with van der Waals surface area (Å²) in [6, 6.07) is 1.82. The second kappa shape index (κ2) is 3.79. The zero-order chi connectivity index (χ0) is 11.8. The van der Waals surface area contributed by atoms with Gasteiger partial charge < -0.3 is 16.1 Å². The van der Waals surface area contributed by atoms with Crippen LogP contribution in [0, 0.1) is 0 Å². The van der Waals surface area contributed by atoms with Gasteiger partial charge in [0.05, 0.1) is 0 Å². The highest BCUT2D eigenvalue weighted by atomic mass is 15.3. The number of nitrogen functional groups attached to an aromatic ring is 2. The molecule has 0 amide bonds. The van der Waals surface area contributed by atoms with Crippen molar-refractivity contribution in [3.05, 3.63) is 6.07 Å². The average molecular weight is 222 g/mol. The summed E-state index contributed by atoms with van der Waals surface area (Å²) in [5, 5.41) is 0. The second-order valence-electron chi connectivity index (χ2n) is 4.68. The van der Waals surface area contributed by atoms with Gasteiger partial charge in [-0.3, -0.25) is 0 Å². The van der Waals surface area contributed by atoms with Crippen molar-refractivity contribution in [2.45, 2.75) is 32.2 Å². The van der Waals surface area contributed by atoms with Crippen LogP contribution in [0.3, 0.4) is 0 Å². The van der Waals surface area contributed by atoms with Gasteiger partial charge in [0.1, 0.15) is 11.6 Å². The first kappa shape index (κ1) is 10.9. The molecule has 16 heavy (non-hydrogen) atoms. The summed E-state index contributed by atoms with van der Waals surface area (Å²) >= 11 is 0. The fraction of sp³-hybridized carbons (Fsp3) is 0.600. The molecule has 1 aromatic heterocycles. The summed E-state index contributed by atoms with van der Waals surface area (Å²) in [6.45, 7) is 5.40. The molecule has 0 bridgehead atoms. The van der Waals surface area contributed by atoms with Gasteiger partial charge in [0.2, 0.25) is 5.95 Å². The number of hydrazine groups is 1. The Balaban J connectivity index is 2.36. The molecule has 0 unspecified atom stereocenters. The fourth-order valence-corrected chi connectivity index (χ4v) is 2.20. The third kappa shape index (κ3) is 1.88. The van der Waals surface area contributed by atoms with E-state index in [-0.39, 0.29) is 11.5 Å². The van der Waals surface area contributed by atoms with E-state index in [1.165, 1.54) is 6.42 Å². The molecule has 0 saturated carbocycles. The van der Waals surface area contributed by atoms with E-state index in [2.05, 4.69) is 34.1 Å². The third-order valence-electron chi connectivity index (χ3n) is 3.06. The lowest BCUT2D eigenvalue weighted by Crippen LogP contribution is -2.38. The molecule has 6 nitrogen and oxygen atoms in total. The van der Waals surface area contributed by atoms with Crippen molar-refractivity contribution in [3.63, 3.8) is 0 Å². The van der Waals surface area contributed by atoms with Crippen LogP contribution in [0.1, 0.15) is 26.7 Å². The first-order valence-electron chi connectivity index (χ1n) is 5.42. The largest absolute Gasteiger partial charge is 0.368 e. The zero-order valence-corrected chi connectivity index (χ0v) is 9.70. The van der Waals surface area contributed by atoms with E-state index in [0.717, 1.165) is 18.8 Å². The molecule has 0 aliphatic carbocycles. The molecular weight excluding hydrogens is 204 g/mol. The van der Waals surface area contributed by atoms with Crippen molar-refractivity contribution >= 4 is 17.6 Å². The number of nitrogens with two attached hydrogens (primary N) is 2. The predicted octanol–water partition coefficient (Wildman–Crippen LogP) is 0.723. The van der Waals surface area contributed by atoms with E-state index in [1.807, 2.05) is 6.07 Å². The maximum absolute atomic E-state index is 5.65. The van der Waals surface area contributed by atoms with Gasteiger partial charge in [-0.2, -0.15) is 9.97 Å². The van der Waals surface area contributed by atoms with Crippen molar-refractivity contribution in [1.82, 2.24) is 9.97 Å². The molecule has 1 aliphatic heterocycles. The molecule has 1 aromatic rings. The Morgan fingerprint density at radius 2 is 2.19 bits per heavy atom. The molecule has 1 aliphatic rings. The summed E-state index contributed by atoms with van der Waals surface area (Å²) in [5.41, 5.74) is 8.27. The first-order valence-corrected chi connectivity index (χ1v) is 5.42. The van der Waals surface area contributed by atoms with Crippen molar-refractivity contribution in [2.75, 3.05) is 22.6 Å². The molecule has 0 aromatic carbocycles. The normalized spacial score (nSPS) is 18.8. The van der Waals surface area contributed by atoms with Crippen LogP contribution in [0.25, 0.3) is 0 Å². The molecule has 2 heterocycles. The highest BCUT2D eigenvalue weighted by Crippen LogP contribution is 2.33. The smallest absolute Gasteiger partial charge is 0.223 e. The Morgan fingerprint density at radius 1 is 1.44 bits per heavy atom. The monoisotopic (exact) mass is 222 g/mol. The lowest BCUT2D eigenvalue weighted by atomic mass is 10.0. The summed E-state index contributed by atoms with van der Waals surface area (Å²) < 4.78 is 0. The summed E-state index contributed by atoms with van der Waals surface area (Å²) in [6.07, 6.45) is 2.32. The van der Waals surface area contributed by atoms with Crippen LogP contribution in [-0.4, -0.2) is 22.1 Å². The van der Waals surface area contributed by atoms with Crippen LogP contribution < -0.4 is 21.9 Å². The molecule has 0 spiro atoms. The molecule has 6 heteroatoms. The number of hydrogen-bond acceptors (Lipinski definition) is 6. The Hall–Kier alpha value is -1.56. The number of hydrogen-bond donors (Lipinski definition) is 3. The number of aromatic nitrogens is 2. The van der Waals surface area contributed by atoms with E-state index >= 15 is 0 Å². The molecule has 0 atom stereocenters. The summed E-state index contributed by atoms with van der Waals surface area (Å²) in [7, 11) is 0. The van der Waals surface area contributed by atoms with Crippen LogP contribution in [0.5, 0.6) is 0 Å². The van der Waals surface area contributed by atoms with Crippen molar-refractivity contribution in [3.8, 4) is 0 Å². The highest BCUT2D eigenvalue weighted by Gasteiger charge is 2.33. The minimum absolute atomic E-state index is 0.118. The van der Waals surface area contributed by atoms with Crippen LogP contribution in [0.15, 0.2) is 6.07 Å². The topological polar surface area (TPSA) is 93.1 Å². The van der Waals surface area contributed by atoms with Gasteiger partial charge in [0.15, 0.2) is 0 Å². The molecule has 1 saturated heterocycles. The zero-order valence-electron chi connectivity index (χ0n) is 9.70. The number of nitrogens with one attached hydrogen (secondary N) is 1. The van der Waals surface area contributed by atoms with Crippen LogP contribution in [0.2, 0.25) is 0 Å². The highest BCUT2D eigenvalue weighted by molar-refractivity contribution is 5.54. The van der Waals surface area contributed by atoms with Gasteiger partial charge in [-0.1, -0.05) is 0 Å². The van der Waals surface area contributed by atoms with Gasteiger partial charge in [-0.25, -0.2) is 5.84 Å². The number of anilines is 3. The number of rotatable bonds is 2. The molecule has 5 N–H and O–H groups in total. The maximum Gasteiger partial charge on any atom is 0.223 e. The Morgan fingerprint density at radius 3 is 2.75 bits per heavy atom. The first-order chi connectivity index (χ1) is 7.53. The Kier molecular flexibility index (Phi) is 2.59. The van der Waals surface area contributed by atoms with E-state index in [0.29, 0.717) is 5.82 Å². The van der Waals surface area contributed by atoms with E-state index < -0.39 is 0 Å². The minimum Gasteiger partial charge on any atom is -0.368 e. The van der Waals surface area contributed by atoms with Crippen molar-refractivity contribution < 1.29 is 0 Å².